The molecule has 1 aliphatic heterocycles. The lowest BCUT2D eigenvalue weighted by atomic mass is 10.1. The SMILES string of the molecule is Cc1cccc(C)c1NC(=O)CN1CCN(c2nc(-c3ccccc3)ns2)CC1. The maximum Gasteiger partial charge on any atom is 0.238 e. The van der Waals surface area contributed by atoms with E-state index in [4.69, 9.17) is 4.98 Å². The molecule has 150 valence electrons. The fourth-order valence-electron chi connectivity index (χ4n) is 3.54. The molecule has 3 aromatic rings. The van der Waals surface area contributed by atoms with Crippen molar-refractivity contribution in [1.82, 2.24) is 14.3 Å². The minimum Gasteiger partial charge on any atom is -0.344 e. The lowest BCUT2D eigenvalue weighted by Crippen LogP contribution is -2.48. The number of piperazine rings is 1. The van der Waals surface area contributed by atoms with Crippen LogP contribution in [0, 0.1) is 13.8 Å². The summed E-state index contributed by atoms with van der Waals surface area (Å²) < 4.78 is 4.50. The van der Waals surface area contributed by atoms with Crippen molar-refractivity contribution in [1.29, 1.82) is 0 Å². The summed E-state index contributed by atoms with van der Waals surface area (Å²) in [5, 5.41) is 4.02. The van der Waals surface area contributed by atoms with Crippen LogP contribution < -0.4 is 10.2 Å². The highest BCUT2D eigenvalue weighted by Crippen LogP contribution is 2.25. The Morgan fingerprint density at radius 2 is 1.69 bits per heavy atom. The van der Waals surface area contributed by atoms with Gasteiger partial charge < -0.3 is 10.2 Å². The fraction of sp³-hybridized carbons (Fsp3) is 0.318. The van der Waals surface area contributed by atoms with Gasteiger partial charge in [0.05, 0.1) is 6.54 Å². The molecular formula is C22H25N5OS. The number of rotatable bonds is 5. The summed E-state index contributed by atoms with van der Waals surface area (Å²) in [4.78, 5) is 21.7. The molecule has 1 aliphatic rings. The maximum atomic E-state index is 12.5. The van der Waals surface area contributed by atoms with E-state index in [9.17, 15) is 4.79 Å². The average Bonchev–Trinajstić information content (AvgIpc) is 3.22. The summed E-state index contributed by atoms with van der Waals surface area (Å²) in [7, 11) is 0. The van der Waals surface area contributed by atoms with E-state index >= 15 is 0 Å². The second-order valence-corrected chi connectivity index (χ2v) is 8.08. The number of hydrogen-bond acceptors (Lipinski definition) is 6. The quantitative estimate of drug-likeness (QED) is 0.700. The van der Waals surface area contributed by atoms with Gasteiger partial charge in [0, 0.05) is 49.0 Å². The molecule has 1 N–H and O–H groups in total. The Hall–Kier alpha value is -2.77. The van der Waals surface area contributed by atoms with Gasteiger partial charge in [-0.2, -0.15) is 9.36 Å². The summed E-state index contributed by atoms with van der Waals surface area (Å²) in [6, 6.07) is 16.1. The largest absolute Gasteiger partial charge is 0.344 e. The van der Waals surface area contributed by atoms with Crippen molar-refractivity contribution in [3.8, 4) is 11.4 Å². The first-order valence-corrected chi connectivity index (χ1v) is 10.6. The number of benzene rings is 2. The number of para-hydroxylation sites is 1. The van der Waals surface area contributed by atoms with E-state index in [2.05, 4.69) is 19.5 Å². The zero-order valence-electron chi connectivity index (χ0n) is 16.8. The zero-order chi connectivity index (χ0) is 20.2. The summed E-state index contributed by atoms with van der Waals surface area (Å²) in [5.74, 6) is 0.819. The first-order chi connectivity index (χ1) is 14.1. The molecule has 0 unspecified atom stereocenters. The first kappa shape index (κ1) is 19.5. The predicted octanol–water partition coefficient (Wildman–Crippen LogP) is 3.58. The van der Waals surface area contributed by atoms with Gasteiger partial charge in [0.15, 0.2) is 5.82 Å². The number of nitrogens with zero attached hydrogens (tertiary/aromatic N) is 4. The van der Waals surface area contributed by atoms with E-state index in [1.54, 1.807) is 0 Å². The Labute approximate surface area is 175 Å². The molecule has 4 rings (SSSR count). The number of aryl methyl sites for hydroxylation is 2. The Morgan fingerprint density at radius 3 is 2.38 bits per heavy atom. The molecule has 1 saturated heterocycles. The standard InChI is InChI=1S/C22H25N5OS/c1-16-7-6-8-17(2)20(16)23-19(28)15-26-11-13-27(14-12-26)22-24-21(25-29-22)18-9-4-3-5-10-18/h3-10H,11-15H2,1-2H3,(H,23,28). The Balaban J connectivity index is 1.31. The third-order valence-corrected chi connectivity index (χ3v) is 5.98. The molecule has 6 nitrogen and oxygen atoms in total. The maximum absolute atomic E-state index is 12.5. The lowest BCUT2D eigenvalue weighted by molar-refractivity contribution is -0.117. The summed E-state index contributed by atoms with van der Waals surface area (Å²) in [5.41, 5.74) is 4.15. The van der Waals surface area contributed by atoms with Crippen LogP contribution in [0.3, 0.4) is 0 Å². The van der Waals surface area contributed by atoms with Crippen molar-refractivity contribution in [3.05, 3.63) is 59.7 Å². The Morgan fingerprint density at radius 1 is 1.00 bits per heavy atom. The summed E-state index contributed by atoms with van der Waals surface area (Å²) in [6.45, 7) is 7.81. The first-order valence-electron chi connectivity index (χ1n) is 9.82. The van der Waals surface area contributed by atoms with Crippen molar-refractivity contribution in [2.45, 2.75) is 13.8 Å². The van der Waals surface area contributed by atoms with Crippen LogP contribution in [0.4, 0.5) is 10.8 Å². The summed E-state index contributed by atoms with van der Waals surface area (Å²) >= 11 is 1.44. The monoisotopic (exact) mass is 407 g/mol. The van der Waals surface area contributed by atoms with Gasteiger partial charge in [-0.15, -0.1) is 0 Å². The van der Waals surface area contributed by atoms with E-state index in [0.717, 1.165) is 59.5 Å². The molecule has 7 heteroatoms. The van der Waals surface area contributed by atoms with E-state index in [1.165, 1.54) is 11.5 Å². The molecule has 1 fully saturated rings. The Kier molecular flexibility index (Phi) is 5.87. The molecule has 0 bridgehead atoms. The highest BCUT2D eigenvalue weighted by molar-refractivity contribution is 7.09. The molecule has 1 amide bonds. The number of carbonyl (C=O) groups excluding carboxylic acids is 1. The normalized spacial score (nSPS) is 14.8. The lowest BCUT2D eigenvalue weighted by Gasteiger charge is -2.33. The zero-order valence-corrected chi connectivity index (χ0v) is 17.6. The van der Waals surface area contributed by atoms with Gasteiger partial charge in [0.2, 0.25) is 11.0 Å². The van der Waals surface area contributed by atoms with Gasteiger partial charge >= 0.3 is 0 Å². The minimum atomic E-state index is 0.0399. The van der Waals surface area contributed by atoms with Gasteiger partial charge in [0.25, 0.3) is 0 Å². The molecule has 0 saturated carbocycles. The molecule has 1 aromatic heterocycles. The Bertz CT molecular complexity index is 960. The minimum absolute atomic E-state index is 0.0399. The van der Waals surface area contributed by atoms with Crippen molar-refractivity contribution in [2.75, 3.05) is 42.9 Å². The van der Waals surface area contributed by atoms with E-state index in [1.807, 2.05) is 62.4 Å². The van der Waals surface area contributed by atoms with Gasteiger partial charge in [-0.05, 0) is 25.0 Å². The number of aromatic nitrogens is 2. The number of amides is 1. The van der Waals surface area contributed by atoms with Gasteiger partial charge in [-0.25, -0.2) is 0 Å². The number of anilines is 2. The number of nitrogens with one attached hydrogen (secondary N) is 1. The summed E-state index contributed by atoms with van der Waals surface area (Å²) in [6.07, 6.45) is 0. The second-order valence-electron chi connectivity index (χ2n) is 7.34. The van der Waals surface area contributed by atoms with Crippen LogP contribution in [-0.4, -0.2) is 52.9 Å². The van der Waals surface area contributed by atoms with Crippen LogP contribution in [0.1, 0.15) is 11.1 Å². The van der Waals surface area contributed by atoms with Crippen LogP contribution in [0.2, 0.25) is 0 Å². The third kappa shape index (κ3) is 4.63. The van der Waals surface area contributed by atoms with Crippen LogP contribution in [0.25, 0.3) is 11.4 Å². The van der Waals surface area contributed by atoms with E-state index < -0.39 is 0 Å². The van der Waals surface area contributed by atoms with Gasteiger partial charge in [-0.1, -0.05) is 48.5 Å². The molecule has 2 heterocycles. The fourth-order valence-corrected chi connectivity index (χ4v) is 4.28. The molecular weight excluding hydrogens is 382 g/mol. The molecule has 29 heavy (non-hydrogen) atoms. The molecule has 0 aliphatic carbocycles. The third-order valence-electron chi connectivity index (χ3n) is 5.20. The highest BCUT2D eigenvalue weighted by atomic mass is 32.1. The van der Waals surface area contributed by atoms with Crippen LogP contribution >= 0.6 is 11.5 Å². The highest BCUT2D eigenvalue weighted by Gasteiger charge is 2.22. The van der Waals surface area contributed by atoms with Crippen LogP contribution in [-0.2, 0) is 4.79 Å². The topological polar surface area (TPSA) is 61.4 Å². The smallest absolute Gasteiger partial charge is 0.238 e. The van der Waals surface area contributed by atoms with Crippen LogP contribution in [0.15, 0.2) is 48.5 Å². The van der Waals surface area contributed by atoms with Crippen molar-refractivity contribution in [3.63, 3.8) is 0 Å². The second kappa shape index (κ2) is 8.71. The predicted molar refractivity (Wildman–Crippen MR) is 119 cm³/mol. The molecule has 0 spiro atoms. The average molecular weight is 408 g/mol. The van der Waals surface area contributed by atoms with Crippen molar-refractivity contribution < 1.29 is 4.79 Å². The number of hydrogen-bond donors (Lipinski definition) is 1. The van der Waals surface area contributed by atoms with Crippen molar-refractivity contribution >= 4 is 28.3 Å². The molecule has 0 radical (unpaired) electrons. The van der Waals surface area contributed by atoms with Gasteiger partial charge in [0.1, 0.15) is 0 Å². The van der Waals surface area contributed by atoms with E-state index in [0.29, 0.717) is 6.54 Å². The van der Waals surface area contributed by atoms with Gasteiger partial charge in [-0.3, -0.25) is 9.69 Å². The molecule has 0 atom stereocenters. The number of carbonyl (C=O) groups is 1. The van der Waals surface area contributed by atoms with Crippen molar-refractivity contribution in [2.24, 2.45) is 0 Å². The molecule has 2 aromatic carbocycles. The van der Waals surface area contributed by atoms with Crippen LogP contribution in [0.5, 0.6) is 0 Å². The van der Waals surface area contributed by atoms with E-state index in [-0.39, 0.29) is 5.91 Å².